The molecule has 0 saturated carbocycles. The maximum atomic E-state index is 10.3. The van der Waals surface area contributed by atoms with Gasteiger partial charge in [-0.05, 0) is 12.8 Å². The molecule has 0 radical (unpaired) electrons. The van der Waals surface area contributed by atoms with Gasteiger partial charge in [-0.2, -0.15) is 0 Å². The summed E-state index contributed by atoms with van der Waals surface area (Å²) in [7, 11) is 0. The highest BCUT2D eigenvalue weighted by Crippen LogP contribution is 1.99. The normalized spacial score (nSPS) is 11.1. The second-order valence-electron chi connectivity index (χ2n) is 3.83. The van der Waals surface area contributed by atoms with Gasteiger partial charge in [-0.3, -0.25) is 4.79 Å². The van der Waals surface area contributed by atoms with Gasteiger partial charge in [0, 0.05) is 6.42 Å². The van der Waals surface area contributed by atoms with Crippen LogP contribution in [-0.2, 0) is 14.4 Å². The van der Waals surface area contributed by atoms with Crippen LogP contribution in [0.25, 0.3) is 0 Å². The molecular weight excluding hydrogens is 240 g/mol. The summed E-state index contributed by atoms with van der Waals surface area (Å²) in [5.41, 5.74) is 0. The molecule has 1 atom stereocenters. The van der Waals surface area contributed by atoms with Crippen molar-refractivity contribution in [2.24, 2.45) is 0 Å². The van der Waals surface area contributed by atoms with Crippen LogP contribution in [-0.4, -0.2) is 39.1 Å². The highest BCUT2D eigenvalue weighted by molar-refractivity contribution is 6.32. The minimum atomic E-state index is -1.32. The molecule has 0 aromatic carbocycles. The Balaban J connectivity index is 0. The number of ketones is 1. The summed E-state index contributed by atoms with van der Waals surface area (Å²) in [5, 5.41) is 24.9. The Kier molecular flexibility index (Phi) is 12.7. The lowest BCUT2D eigenvalue weighted by Gasteiger charge is -2.01. The number of aliphatic hydroxyl groups is 1. The van der Waals surface area contributed by atoms with Gasteiger partial charge < -0.3 is 15.3 Å². The SMILES string of the molecule is CCCCC(=O)C(=O)O.CCCCC(O)C(=O)O. The lowest BCUT2D eigenvalue weighted by atomic mass is 10.2. The Labute approximate surface area is 107 Å². The van der Waals surface area contributed by atoms with Crippen LogP contribution in [0.1, 0.15) is 52.4 Å². The predicted molar refractivity (Wildman–Crippen MR) is 65.3 cm³/mol. The fourth-order valence-corrected chi connectivity index (χ4v) is 0.965. The molecule has 0 spiro atoms. The first kappa shape index (κ1) is 18.9. The summed E-state index contributed by atoms with van der Waals surface area (Å²) < 4.78 is 0. The molecule has 0 saturated heterocycles. The molecule has 0 bridgehead atoms. The van der Waals surface area contributed by atoms with Crippen LogP contribution in [0.3, 0.4) is 0 Å². The number of rotatable bonds is 8. The summed E-state index contributed by atoms with van der Waals surface area (Å²) in [6, 6.07) is 0. The number of carboxylic acids is 2. The fourth-order valence-electron chi connectivity index (χ4n) is 0.965. The second kappa shape index (κ2) is 12.0. The highest BCUT2D eigenvalue weighted by atomic mass is 16.4. The summed E-state index contributed by atoms with van der Waals surface area (Å²) >= 11 is 0. The van der Waals surface area contributed by atoms with Crippen LogP contribution in [0, 0.1) is 0 Å². The lowest BCUT2D eigenvalue weighted by Crippen LogP contribution is -2.18. The zero-order valence-electron chi connectivity index (χ0n) is 10.9. The molecule has 0 fully saturated rings. The predicted octanol–water partition coefficient (Wildman–Crippen LogP) is 1.45. The van der Waals surface area contributed by atoms with E-state index in [0.717, 1.165) is 19.3 Å². The minimum Gasteiger partial charge on any atom is -0.479 e. The average Bonchev–Trinajstić information content (AvgIpc) is 2.33. The van der Waals surface area contributed by atoms with E-state index in [1.807, 2.05) is 13.8 Å². The van der Waals surface area contributed by atoms with Crippen molar-refractivity contribution in [3.8, 4) is 0 Å². The number of aliphatic carboxylic acids is 2. The van der Waals surface area contributed by atoms with Gasteiger partial charge in [-0.1, -0.05) is 33.1 Å². The van der Waals surface area contributed by atoms with Crippen LogP contribution in [0.4, 0.5) is 0 Å². The number of aliphatic hydroxyl groups excluding tert-OH is 1. The summed E-state index contributed by atoms with van der Waals surface area (Å²) in [6.45, 7) is 3.86. The maximum Gasteiger partial charge on any atom is 0.372 e. The standard InChI is InChI=1S/C6H12O3.C6H10O3/c2*1-2-3-4-5(7)6(8)9/h5,7H,2-4H2,1H3,(H,8,9);2-4H2,1H3,(H,8,9). The van der Waals surface area contributed by atoms with Gasteiger partial charge in [-0.25, -0.2) is 9.59 Å². The molecule has 0 amide bonds. The first-order valence-electron chi connectivity index (χ1n) is 6.03. The van der Waals surface area contributed by atoms with E-state index >= 15 is 0 Å². The topological polar surface area (TPSA) is 112 Å². The number of carbonyl (C=O) groups is 3. The van der Waals surface area contributed by atoms with Crippen molar-refractivity contribution in [3.05, 3.63) is 0 Å². The molecule has 6 heteroatoms. The number of hydrogen-bond donors (Lipinski definition) is 3. The Morgan fingerprint density at radius 2 is 1.50 bits per heavy atom. The molecule has 1 unspecified atom stereocenters. The van der Waals surface area contributed by atoms with E-state index in [2.05, 4.69) is 0 Å². The van der Waals surface area contributed by atoms with E-state index in [4.69, 9.17) is 15.3 Å². The zero-order valence-corrected chi connectivity index (χ0v) is 10.9. The van der Waals surface area contributed by atoms with Crippen LogP contribution in [0.2, 0.25) is 0 Å². The average molecular weight is 262 g/mol. The van der Waals surface area contributed by atoms with E-state index < -0.39 is 23.8 Å². The van der Waals surface area contributed by atoms with Gasteiger partial charge in [0.1, 0.15) is 0 Å². The van der Waals surface area contributed by atoms with Crippen molar-refractivity contribution in [1.82, 2.24) is 0 Å². The molecule has 0 aliphatic heterocycles. The molecule has 0 aromatic heterocycles. The molecule has 0 rings (SSSR count). The first-order chi connectivity index (χ1) is 8.36. The van der Waals surface area contributed by atoms with Gasteiger partial charge in [-0.15, -0.1) is 0 Å². The largest absolute Gasteiger partial charge is 0.479 e. The molecule has 0 aromatic rings. The maximum absolute atomic E-state index is 10.3. The van der Waals surface area contributed by atoms with Gasteiger partial charge in [0.25, 0.3) is 0 Å². The van der Waals surface area contributed by atoms with E-state index in [1.54, 1.807) is 0 Å². The van der Waals surface area contributed by atoms with Crippen LogP contribution >= 0.6 is 0 Å². The Bertz CT molecular complexity index is 261. The van der Waals surface area contributed by atoms with E-state index in [-0.39, 0.29) is 6.42 Å². The Hall–Kier alpha value is -1.43. The Morgan fingerprint density at radius 3 is 1.83 bits per heavy atom. The van der Waals surface area contributed by atoms with Gasteiger partial charge in [0.15, 0.2) is 6.10 Å². The molecule has 0 heterocycles. The van der Waals surface area contributed by atoms with Crippen molar-refractivity contribution in [1.29, 1.82) is 0 Å². The zero-order chi connectivity index (χ0) is 14.6. The first-order valence-corrected chi connectivity index (χ1v) is 6.03. The smallest absolute Gasteiger partial charge is 0.372 e. The second-order valence-corrected chi connectivity index (χ2v) is 3.83. The van der Waals surface area contributed by atoms with Crippen LogP contribution in [0.5, 0.6) is 0 Å². The monoisotopic (exact) mass is 262 g/mol. The van der Waals surface area contributed by atoms with Gasteiger partial charge in [0.2, 0.25) is 5.78 Å². The minimum absolute atomic E-state index is 0.172. The van der Waals surface area contributed by atoms with Gasteiger partial charge >= 0.3 is 11.9 Å². The number of hydrogen-bond acceptors (Lipinski definition) is 4. The quantitative estimate of drug-likeness (QED) is 0.571. The lowest BCUT2D eigenvalue weighted by molar-refractivity contribution is -0.149. The van der Waals surface area contributed by atoms with Crippen LogP contribution in [0.15, 0.2) is 0 Å². The molecule has 0 aliphatic rings. The summed E-state index contributed by atoms with van der Waals surface area (Å²) in [6.07, 6.45) is 2.60. The van der Waals surface area contributed by atoms with Crippen molar-refractivity contribution in [2.45, 2.75) is 58.5 Å². The molecule has 0 aliphatic carbocycles. The number of unbranched alkanes of at least 4 members (excludes halogenated alkanes) is 2. The number of carboxylic acid groups (broad SMARTS) is 2. The fraction of sp³-hybridized carbons (Fsp3) is 0.750. The van der Waals surface area contributed by atoms with E-state index in [1.165, 1.54) is 0 Å². The summed E-state index contributed by atoms with van der Waals surface area (Å²) in [4.78, 5) is 30.1. The number of carbonyl (C=O) groups excluding carboxylic acids is 1. The highest BCUT2D eigenvalue weighted by Gasteiger charge is 2.10. The molecule has 3 N–H and O–H groups in total. The van der Waals surface area contributed by atoms with Crippen molar-refractivity contribution < 1.29 is 29.7 Å². The third kappa shape index (κ3) is 12.6. The Morgan fingerprint density at radius 1 is 1.00 bits per heavy atom. The molecule has 106 valence electrons. The third-order valence-corrected chi connectivity index (χ3v) is 2.11. The van der Waals surface area contributed by atoms with Crippen molar-refractivity contribution in [2.75, 3.05) is 0 Å². The third-order valence-electron chi connectivity index (χ3n) is 2.11. The number of Topliss-reactive ketones (excluding diaryl/α,β-unsaturated/α-hetero) is 1. The van der Waals surface area contributed by atoms with E-state index in [9.17, 15) is 14.4 Å². The van der Waals surface area contributed by atoms with Crippen molar-refractivity contribution in [3.63, 3.8) is 0 Å². The van der Waals surface area contributed by atoms with Gasteiger partial charge in [0.05, 0.1) is 0 Å². The molecular formula is C12H22O6. The molecule has 18 heavy (non-hydrogen) atoms. The van der Waals surface area contributed by atoms with Crippen LogP contribution < -0.4 is 0 Å². The van der Waals surface area contributed by atoms with Crippen molar-refractivity contribution >= 4 is 17.7 Å². The van der Waals surface area contributed by atoms with E-state index in [0.29, 0.717) is 12.8 Å². The summed E-state index contributed by atoms with van der Waals surface area (Å²) in [5.74, 6) is -3.12. The molecule has 6 nitrogen and oxygen atoms in total.